The van der Waals surface area contributed by atoms with Crippen LogP contribution in [0.15, 0.2) is 48.7 Å². The molecule has 2 heterocycles. The molecule has 1 aliphatic heterocycles. The van der Waals surface area contributed by atoms with E-state index >= 15 is 0 Å². The lowest BCUT2D eigenvalue weighted by Crippen LogP contribution is -2.53. The summed E-state index contributed by atoms with van der Waals surface area (Å²) in [6, 6.07) is 7.43. The summed E-state index contributed by atoms with van der Waals surface area (Å²) in [4.78, 5) is 25.2. The first-order valence-electron chi connectivity index (χ1n) is 11.9. The lowest BCUT2D eigenvalue weighted by molar-refractivity contribution is -0.144. The van der Waals surface area contributed by atoms with Crippen molar-refractivity contribution in [2.24, 2.45) is 0 Å². The van der Waals surface area contributed by atoms with E-state index in [0.29, 0.717) is 33.9 Å². The summed E-state index contributed by atoms with van der Waals surface area (Å²) in [6.07, 6.45) is -8.55. The molecule has 0 radical (unpaired) electrons. The number of aromatic nitrogens is 2. The second-order valence-corrected chi connectivity index (χ2v) is 10.5. The minimum absolute atomic E-state index is 0.0433. The van der Waals surface area contributed by atoms with E-state index in [4.69, 9.17) is 27.9 Å². The number of ether oxygens (including phenoxy) is 1. The highest BCUT2D eigenvalue weighted by Crippen LogP contribution is 2.39. The van der Waals surface area contributed by atoms with Crippen LogP contribution in [0, 0.1) is 0 Å². The highest BCUT2D eigenvalue weighted by atomic mass is 35.5. The van der Waals surface area contributed by atoms with Gasteiger partial charge in [-0.15, -0.1) is 0 Å². The number of halogens is 8. The molecule has 0 saturated carbocycles. The smallest absolute Gasteiger partial charge is 0.416 e. The summed E-state index contributed by atoms with van der Waals surface area (Å²) in [5, 5.41) is 0.750. The normalized spacial score (nSPS) is 14.8. The van der Waals surface area contributed by atoms with Gasteiger partial charge in [-0.25, -0.2) is 4.98 Å². The van der Waals surface area contributed by atoms with Gasteiger partial charge < -0.3 is 14.5 Å². The number of carbonyl (C=O) groups is 1. The van der Waals surface area contributed by atoms with E-state index < -0.39 is 34.8 Å². The molecule has 2 aromatic carbocycles. The van der Waals surface area contributed by atoms with Gasteiger partial charge in [-0.2, -0.15) is 31.3 Å². The summed E-state index contributed by atoms with van der Waals surface area (Å²) in [5.41, 5.74) is -4.98. The lowest BCUT2D eigenvalue weighted by atomic mass is 9.81. The third-order valence-corrected chi connectivity index (χ3v) is 6.81. The zero-order valence-electron chi connectivity index (χ0n) is 21.1. The Morgan fingerprint density at radius 2 is 1.35 bits per heavy atom. The molecule has 40 heavy (non-hydrogen) atoms. The van der Waals surface area contributed by atoms with Gasteiger partial charge in [0, 0.05) is 48.5 Å². The topological polar surface area (TPSA) is 58.6 Å². The molecule has 6 nitrogen and oxygen atoms in total. The van der Waals surface area contributed by atoms with Crippen LogP contribution in [0.2, 0.25) is 10.0 Å². The Morgan fingerprint density at radius 3 is 1.88 bits per heavy atom. The maximum absolute atomic E-state index is 13.4. The van der Waals surface area contributed by atoms with Gasteiger partial charge in [0.2, 0.25) is 17.7 Å². The highest BCUT2D eigenvalue weighted by molar-refractivity contribution is 6.34. The van der Waals surface area contributed by atoms with Crippen LogP contribution in [0.25, 0.3) is 0 Å². The van der Waals surface area contributed by atoms with Crippen LogP contribution in [0.5, 0.6) is 11.6 Å². The van der Waals surface area contributed by atoms with E-state index in [1.165, 1.54) is 31.0 Å². The third-order valence-electron chi connectivity index (χ3n) is 6.37. The van der Waals surface area contributed by atoms with Crippen molar-refractivity contribution in [1.29, 1.82) is 0 Å². The fourth-order valence-electron chi connectivity index (χ4n) is 4.19. The van der Waals surface area contributed by atoms with Gasteiger partial charge in [-0.05, 0) is 55.8 Å². The van der Waals surface area contributed by atoms with Gasteiger partial charge >= 0.3 is 12.4 Å². The number of alkyl halides is 6. The van der Waals surface area contributed by atoms with E-state index in [-0.39, 0.29) is 43.7 Å². The molecule has 0 aliphatic carbocycles. The van der Waals surface area contributed by atoms with Crippen molar-refractivity contribution in [2.45, 2.75) is 31.6 Å². The Balaban J connectivity index is 1.48. The monoisotopic (exact) mass is 606 g/mol. The standard InChI is InChI=1S/C26H22Cl2F6N4O2/c1-24(2,15-9-16(25(29,30)31)11-17(10-15)26(32,33)34)22(39)37-5-7-38(8-6-37)23-35-4-3-21(36-23)40-20-13-18(27)12-19(28)14-20/h3-4,9-14H,5-8H2,1-2H3. The molecule has 4 rings (SSSR count). The van der Waals surface area contributed by atoms with Gasteiger partial charge in [0.15, 0.2) is 0 Å². The zero-order valence-corrected chi connectivity index (χ0v) is 22.6. The molecular weight excluding hydrogens is 585 g/mol. The van der Waals surface area contributed by atoms with E-state index in [1.807, 2.05) is 0 Å². The van der Waals surface area contributed by atoms with Crippen LogP contribution in [0.1, 0.15) is 30.5 Å². The molecule has 1 aromatic heterocycles. The number of piperazine rings is 1. The molecule has 3 aromatic rings. The van der Waals surface area contributed by atoms with Gasteiger partial charge in [0.25, 0.3) is 0 Å². The molecule has 1 aliphatic rings. The first-order valence-corrected chi connectivity index (χ1v) is 12.6. The number of hydrogen-bond acceptors (Lipinski definition) is 5. The zero-order chi connectivity index (χ0) is 29.5. The van der Waals surface area contributed by atoms with Crippen molar-refractivity contribution < 1.29 is 35.9 Å². The first-order chi connectivity index (χ1) is 18.5. The number of carbonyl (C=O) groups excluding carboxylic acids is 1. The number of anilines is 1. The van der Waals surface area contributed by atoms with Crippen molar-refractivity contribution in [3.8, 4) is 11.6 Å². The Bertz CT molecular complexity index is 1350. The summed E-state index contributed by atoms with van der Waals surface area (Å²) in [7, 11) is 0. The molecule has 0 spiro atoms. The minimum Gasteiger partial charge on any atom is -0.439 e. The molecule has 1 fully saturated rings. The maximum atomic E-state index is 13.4. The molecule has 14 heteroatoms. The van der Waals surface area contributed by atoms with E-state index in [9.17, 15) is 31.1 Å². The average molecular weight is 607 g/mol. The van der Waals surface area contributed by atoms with E-state index in [0.717, 1.165) is 0 Å². The van der Waals surface area contributed by atoms with E-state index in [1.54, 1.807) is 23.1 Å². The number of nitrogens with zero attached hydrogens (tertiary/aromatic N) is 4. The predicted molar refractivity (Wildman–Crippen MR) is 137 cm³/mol. The number of amides is 1. The fourth-order valence-corrected chi connectivity index (χ4v) is 4.70. The van der Waals surface area contributed by atoms with Crippen LogP contribution >= 0.6 is 23.2 Å². The van der Waals surface area contributed by atoms with E-state index in [2.05, 4.69) is 9.97 Å². The van der Waals surface area contributed by atoms with Crippen molar-refractivity contribution in [2.75, 3.05) is 31.1 Å². The van der Waals surface area contributed by atoms with Gasteiger partial charge in [-0.3, -0.25) is 4.79 Å². The van der Waals surface area contributed by atoms with Gasteiger partial charge in [0.1, 0.15) is 5.75 Å². The maximum Gasteiger partial charge on any atom is 0.416 e. The number of rotatable bonds is 5. The van der Waals surface area contributed by atoms with Crippen molar-refractivity contribution in [3.05, 3.63) is 75.4 Å². The second kappa shape index (κ2) is 11.0. The number of hydrogen-bond donors (Lipinski definition) is 0. The minimum atomic E-state index is -5.02. The van der Waals surface area contributed by atoms with Gasteiger partial charge in [0.05, 0.1) is 16.5 Å². The summed E-state index contributed by atoms with van der Waals surface area (Å²) >= 11 is 12.0. The Morgan fingerprint density at radius 1 is 0.825 bits per heavy atom. The van der Waals surface area contributed by atoms with Crippen molar-refractivity contribution in [3.63, 3.8) is 0 Å². The molecule has 1 saturated heterocycles. The van der Waals surface area contributed by atoms with Crippen LogP contribution in [-0.2, 0) is 22.6 Å². The van der Waals surface area contributed by atoms with Gasteiger partial charge in [-0.1, -0.05) is 23.2 Å². The van der Waals surface area contributed by atoms with Crippen LogP contribution in [-0.4, -0.2) is 47.0 Å². The molecule has 0 atom stereocenters. The molecular formula is C26H22Cl2F6N4O2. The Labute approximate surface area is 235 Å². The summed E-state index contributed by atoms with van der Waals surface area (Å²) < 4.78 is 85.9. The van der Waals surface area contributed by atoms with Crippen LogP contribution in [0.4, 0.5) is 32.3 Å². The SMILES string of the molecule is CC(C)(C(=O)N1CCN(c2nccc(Oc3cc(Cl)cc(Cl)c3)n2)CC1)c1cc(C(F)(F)F)cc(C(F)(F)F)c1. The third kappa shape index (κ3) is 6.72. The Hall–Kier alpha value is -3.25. The molecule has 0 N–H and O–H groups in total. The first kappa shape index (κ1) is 29.7. The quantitative estimate of drug-likeness (QED) is 0.287. The largest absolute Gasteiger partial charge is 0.439 e. The van der Waals surface area contributed by atoms with Crippen LogP contribution in [0.3, 0.4) is 0 Å². The lowest BCUT2D eigenvalue weighted by Gasteiger charge is -2.39. The summed E-state index contributed by atoms with van der Waals surface area (Å²) in [6.45, 7) is 3.44. The average Bonchev–Trinajstić information content (AvgIpc) is 2.86. The molecule has 214 valence electrons. The molecule has 1 amide bonds. The predicted octanol–water partition coefficient (Wildman–Crippen LogP) is 7.24. The molecule has 0 bridgehead atoms. The van der Waals surface area contributed by atoms with Crippen LogP contribution < -0.4 is 9.64 Å². The molecule has 0 unspecified atom stereocenters. The Kier molecular flexibility index (Phi) is 8.15. The fraction of sp³-hybridized carbons (Fsp3) is 0.346. The van der Waals surface area contributed by atoms with Crippen molar-refractivity contribution >= 4 is 35.1 Å². The number of benzene rings is 2. The highest BCUT2D eigenvalue weighted by Gasteiger charge is 2.41. The second-order valence-electron chi connectivity index (χ2n) is 9.60. The van der Waals surface area contributed by atoms with Crippen molar-refractivity contribution in [1.82, 2.24) is 14.9 Å². The summed E-state index contributed by atoms with van der Waals surface area (Å²) in [5.74, 6) is 0.288.